The number of para-hydroxylation sites is 1. The summed E-state index contributed by atoms with van der Waals surface area (Å²) in [4.78, 5) is 13.1. The molecule has 5 heteroatoms. The van der Waals surface area contributed by atoms with Crippen molar-refractivity contribution in [3.05, 3.63) is 33.9 Å². The third-order valence-corrected chi connectivity index (χ3v) is 3.48. The van der Waals surface area contributed by atoms with Crippen LogP contribution in [0.15, 0.2) is 18.2 Å². The van der Waals surface area contributed by atoms with E-state index in [1.54, 1.807) is 12.1 Å². The minimum Gasteiger partial charge on any atom is -0.378 e. The number of nitrogens with one attached hydrogen (secondary N) is 1. The van der Waals surface area contributed by atoms with E-state index in [1.807, 2.05) is 6.07 Å². The van der Waals surface area contributed by atoms with Gasteiger partial charge in [0.25, 0.3) is 5.69 Å². The maximum atomic E-state index is 11.1. The largest absolute Gasteiger partial charge is 0.378 e. The Morgan fingerprint density at radius 3 is 3.00 bits per heavy atom. The van der Waals surface area contributed by atoms with E-state index in [1.165, 1.54) is 0 Å². The van der Waals surface area contributed by atoms with E-state index >= 15 is 0 Å². The van der Waals surface area contributed by atoms with Gasteiger partial charge < -0.3 is 5.32 Å². The molecule has 0 fully saturated rings. The predicted octanol–water partition coefficient (Wildman–Crippen LogP) is 2.79. The molecule has 18 heavy (non-hydrogen) atoms. The molecule has 1 aromatic rings. The molecule has 1 heterocycles. The fourth-order valence-corrected chi connectivity index (χ4v) is 2.56. The fraction of sp³-hybridized carbons (Fsp3) is 0.538. The van der Waals surface area contributed by atoms with Gasteiger partial charge in [-0.3, -0.25) is 15.0 Å². The number of hydrogen-bond acceptors (Lipinski definition) is 4. The summed E-state index contributed by atoms with van der Waals surface area (Å²) < 4.78 is 0. The van der Waals surface area contributed by atoms with Crippen molar-refractivity contribution < 1.29 is 4.92 Å². The van der Waals surface area contributed by atoms with Crippen LogP contribution in [0.1, 0.15) is 31.9 Å². The Labute approximate surface area is 107 Å². The van der Waals surface area contributed by atoms with Crippen LogP contribution < -0.4 is 5.32 Å². The van der Waals surface area contributed by atoms with Crippen molar-refractivity contribution in [2.24, 2.45) is 0 Å². The number of nitro benzene ring substituents is 1. The van der Waals surface area contributed by atoms with Crippen LogP contribution >= 0.6 is 0 Å². The number of benzene rings is 1. The molecule has 0 unspecified atom stereocenters. The molecule has 1 aromatic carbocycles. The summed E-state index contributed by atoms with van der Waals surface area (Å²) in [5.41, 5.74) is 1.89. The number of nitrogens with zero attached hydrogens (tertiary/aromatic N) is 2. The lowest BCUT2D eigenvalue weighted by molar-refractivity contribution is -0.384. The minimum absolute atomic E-state index is 0.178. The highest BCUT2D eigenvalue weighted by Crippen LogP contribution is 2.36. The molecule has 1 aliphatic heterocycles. The van der Waals surface area contributed by atoms with Crippen LogP contribution in [0, 0.1) is 10.1 Å². The van der Waals surface area contributed by atoms with E-state index < -0.39 is 0 Å². The lowest BCUT2D eigenvalue weighted by Gasteiger charge is -2.26. The molecule has 0 aromatic heterocycles. The Morgan fingerprint density at radius 2 is 2.33 bits per heavy atom. The van der Waals surface area contributed by atoms with Gasteiger partial charge in [0.05, 0.1) is 4.92 Å². The smallest absolute Gasteiger partial charge is 0.292 e. The van der Waals surface area contributed by atoms with E-state index in [4.69, 9.17) is 0 Å². The highest BCUT2D eigenvalue weighted by Gasteiger charge is 2.26. The summed E-state index contributed by atoms with van der Waals surface area (Å²) in [5, 5.41) is 14.3. The molecule has 0 amide bonds. The van der Waals surface area contributed by atoms with Crippen molar-refractivity contribution >= 4 is 11.4 Å². The Kier molecular flexibility index (Phi) is 3.81. The van der Waals surface area contributed by atoms with Gasteiger partial charge in [0.1, 0.15) is 5.69 Å². The summed E-state index contributed by atoms with van der Waals surface area (Å²) in [6, 6.07) is 5.53. The Balaban J connectivity index is 2.41. The number of rotatable bonds is 3. The predicted molar refractivity (Wildman–Crippen MR) is 71.9 cm³/mol. The molecule has 0 saturated carbocycles. The van der Waals surface area contributed by atoms with Crippen LogP contribution in [0.4, 0.5) is 11.4 Å². The quantitative estimate of drug-likeness (QED) is 0.661. The van der Waals surface area contributed by atoms with Gasteiger partial charge in [0.15, 0.2) is 0 Å². The molecule has 5 nitrogen and oxygen atoms in total. The van der Waals surface area contributed by atoms with E-state index in [9.17, 15) is 10.1 Å². The molecule has 0 aliphatic carbocycles. The Bertz CT molecular complexity index is 448. The van der Waals surface area contributed by atoms with Crippen LogP contribution in [0.3, 0.4) is 0 Å². The van der Waals surface area contributed by atoms with Crippen molar-refractivity contribution in [2.45, 2.75) is 26.3 Å². The first-order valence-electron chi connectivity index (χ1n) is 6.40. The van der Waals surface area contributed by atoms with Crippen molar-refractivity contribution in [3.8, 4) is 0 Å². The zero-order chi connectivity index (χ0) is 13.1. The van der Waals surface area contributed by atoms with Gasteiger partial charge in [-0.25, -0.2) is 0 Å². The summed E-state index contributed by atoms with van der Waals surface area (Å²) >= 11 is 0. The zero-order valence-electron chi connectivity index (χ0n) is 10.8. The first-order valence-corrected chi connectivity index (χ1v) is 6.40. The Hall–Kier alpha value is -1.62. The number of hydrogen-bond donors (Lipinski definition) is 1. The van der Waals surface area contributed by atoms with Crippen molar-refractivity contribution in [1.29, 1.82) is 0 Å². The highest BCUT2D eigenvalue weighted by molar-refractivity contribution is 5.67. The van der Waals surface area contributed by atoms with Crippen molar-refractivity contribution in [3.63, 3.8) is 0 Å². The summed E-state index contributed by atoms with van der Waals surface area (Å²) in [6.45, 7) is 6.96. The van der Waals surface area contributed by atoms with E-state index in [0.717, 1.165) is 31.6 Å². The second-order valence-electron chi connectivity index (χ2n) is 4.64. The summed E-state index contributed by atoms with van der Waals surface area (Å²) in [7, 11) is 0. The van der Waals surface area contributed by atoms with Gasteiger partial charge in [0.2, 0.25) is 0 Å². The standard InChI is InChI=1S/C13H19N3O2/c1-3-8-15-9-7-14-13-11(10(15)2)5-4-6-12(13)16(17)18/h4-6,10,14H,3,7-9H2,1-2H3/t10-/m0/s1. The molecule has 1 N–H and O–H groups in total. The molecular weight excluding hydrogens is 230 g/mol. The summed E-state index contributed by atoms with van der Waals surface area (Å²) in [6.07, 6.45) is 1.09. The van der Waals surface area contributed by atoms with E-state index in [0.29, 0.717) is 5.69 Å². The normalized spacial score (nSPS) is 19.8. The first-order chi connectivity index (χ1) is 8.65. The third-order valence-electron chi connectivity index (χ3n) is 3.48. The van der Waals surface area contributed by atoms with Gasteiger partial charge in [-0.05, 0) is 25.5 Å². The third kappa shape index (κ3) is 2.31. The maximum Gasteiger partial charge on any atom is 0.292 e. The Morgan fingerprint density at radius 1 is 1.56 bits per heavy atom. The molecule has 0 bridgehead atoms. The monoisotopic (exact) mass is 249 g/mol. The van der Waals surface area contributed by atoms with E-state index in [2.05, 4.69) is 24.1 Å². The number of nitro groups is 1. The average molecular weight is 249 g/mol. The van der Waals surface area contributed by atoms with Gasteiger partial charge in [0, 0.05) is 25.2 Å². The van der Waals surface area contributed by atoms with Crippen molar-refractivity contribution in [2.75, 3.05) is 25.0 Å². The maximum absolute atomic E-state index is 11.1. The highest BCUT2D eigenvalue weighted by atomic mass is 16.6. The van der Waals surface area contributed by atoms with Gasteiger partial charge in [-0.15, -0.1) is 0 Å². The molecular formula is C13H19N3O2. The van der Waals surface area contributed by atoms with Crippen molar-refractivity contribution in [1.82, 2.24) is 4.90 Å². The van der Waals surface area contributed by atoms with Crippen LogP contribution in [0.2, 0.25) is 0 Å². The molecule has 0 radical (unpaired) electrons. The minimum atomic E-state index is -0.311. The second-order valence-corrected chi connectivity index (χ2v) is 4.64. The zero-order valence-corrected chi connectivity index (χ0v) is 10.8. The average Bonchev–Trinajstić information content (AvgIpc) is 2.51. The van der Waals surface area contributed by atoms with Crippen LogP contribution in [-0.4, -0.2) is 29.5 Å². The molecule has 0 spiro atoms. The van der Waals surface area contributed by atoms with Gasteiger partial charge in [-0.2, -0.15) is 0 Å². The fourth-order valence-electron chi connectivity index (χ4n) is 2.56. The SMILES string of the molecule is CCCN1CCNc2c(cccc2[N+](=O)[O-])[C@@H]1C. The first kappa shape index (κ1) is 12.8. The second kappa shape index (κ2) is 5.35. The number of fused-ring (bicyclic) bond motifs is 1. The van der Waals surface area contributed by atoms with Crippen LogP contribution in [0.25, 0.3) is 0 Å². The van der Waals surface area contributed by atoms with Crippen LogP contribution in [-0.2, 0) is 0 Å². The summed E-state index contributed by atoms with van der Waals surface area (Å²) in [5.74, 6) is 0. The molecule has 0 saturated heterocycles. The van der Waals surface area contributed by atoms with Gasteiger partial charge >= 0.3 is 0 Å². The molecule has 1 atom stereocenters. The number of anilines is 1. The van der Waals surface area contributed by atoms with Crippen LogP contribution in [0.5, 0.6) is 0 Å². The molecule has 1 aliphatic rings. The van der Waals surface area contributed by atoms with E-state index in [-0.39, 0.29) is 16.7 Å². The lowest BCUT2D eigenvalue weighted by atomic mass is 10.0. The molecule has 2 rings (SSSR count). The topological polar surface area (TPSA) is 58.4 Å². The van der Waals surface area contributed by atoms with Gasteiger partial charge in [-0.1, -0.05) is 19.1 Å². The lowest BCUT2D eigenvalue weighted by Crippen LogP contribution is -2.29. The molecule has 98 valence electrons.